The molecule has 34 heavy (non-hydrogen) atoms. The maximum atomic E-state index is 13.2. The Balaban J connectivity index is 1.22. The van der Waals surface area contributed by atoms with Gasteiger partial charge in [-0.25, -0.2) is 4.68 Å². The van der Waals surface area contributed by atoms with Crippen molar-refractivity contribution >= 4 is 17.5 Å². The molecular formula is C25H28N6O3. The van der Waals surface area contributed by atoms with Crippen molar-refractivity contribution in [1.82, 2.24) is 24.8 Å². The van der Waals surface area contributed by atoms with Crippen LogP contribution in [0.15, 0.2) is 54.6 Å². The van der Waals surface area contributed by atoms with Gasteiger partial charge in [0.25, 0.3) is 11.8 Å². The standard InChI is InChI=1S/C25H28N6O3/c1-28(2)20-10-6-9-19(15-20)24(32)29-11-13-30(14-12-29)25(33)23-21-17-34-22(16-31(21)27-26-23)18-7-4-3-5-8-18/h3-10,15,22H,11-14,16-17H2,1-2H3/t22-/m1/s1. The quantitative estimate of drug-likeness (QED) is 0.594. The fraction of sp³-hybridized carbons (Fsp3) is 0.360. The van der Waals surface area contributed by atoms with Crippen LogP contribution >= 0.6 is 0 Å². The summed E-state index contributed by atoms with van der Waals surface area (Å²) in [6.45, 7) is 2.68. The number of benzene rings is 2. The molecule has 1 atom stereocenters. The van der Waals surface area contributed by atoms with E-state index in [1.165, 1.54) is 0 Å². The first-order valence-corrected chi connectivity index (χ1v) is 11.5. The second-order valence-corrected chi connectivity index (χ2v) is 8.81. The van der Waals surface area contributed by atoms with Gasteiger partial charge in [0.2, 0.25) is 0 Å². The molecule has 0 aliphatic carbocycles. The number of carbonyl (C=O) groups is 2. The van der Waals surface area contributed by atoms with Crippen LogP contribution in [0, 0.1) is 0 Å². The molecule has 1 saturated heterocycles. The smallest absolute Gasteiger partial charge is 0.276 e. The summed E-state index contributed by atoms with van der Waals surface area (Å²) in [5.41, 5.74) is 3.76. The molecule has 9 nitrogen and oxygen atoms in total. The second kappa shape index (κ2) is 9.26. The van der Waals surface area contributed by atoms with Crippen LogP contribution in [0.3, 0.4) is 0 Å². The number of anilines is 1. The molecule has 3 heterocycles. The van der Waals surface area contributed by atoms with Gasteiger partial charge in [0, 0.05) is 51.5 Å². The fourth-order valence-electron chi connectivity index (χ4n) is 4.41. The first kappa shape index (κ1) is 22.1. The largest absolute Gasteiger partial charge is 0.378 e. The highest BCUT2D eigenvalue weighted by Crippen LogP contribution is 2.27. The molecule has 0 radical (unpaired) electrons. The summed E-state index contributed by atoms with van der Waals surface area (Å²) >= 11 is 0. The maximum absolute atomic E-state index is 13.2. The van der Waals surface area contributed by atoms with E-state index in [4.69, 9.17) is 4.74 Å². The van der Waals surface area contributed by atoms with Crippen LogP contribution < -0.4 is 4.90 Å². The lowest BCUT2D eigenvalue weighted by Crippen LogP contribution is -2.50. The van der Waals surface area contributed by atoms with Gasteiger partial charge in [-0.1, -0.05) is 41.6 Å². The van der Waals surface area contributed by atoms with E-state index in [1.54, 1.807) is 14.5 Å². The van der Waals surface area contributed by atoms with Gasteiger partial charge in [-0.3, -0.25) is 9.59 Å². The van der Waals surface area contributed by atoms with Gasteiger partial charge in [-0.05, 0) is 23.8 Å². The van der Waals surface area contributed by atoms with Crippen molar-refractivity contribution < 1.29 is 14.3 Å². The number of aromatic nitrogens is 3. The van der Waals surface area contributed by atoms with Gasteiger partial charge in [-0.2, -0.15) is 0 Å². The average molecular weight is 461 g/mol. The number of amides is 2. The Kier molecular flexibility index (Phi) is 6.02. The summed E-state index contributed by atoms with van der Waals surface area (Å²) in [6.07, 6.45) is -0.112. The minimum absolute atomic E-state index is 0.0165. The van der Waals surface area contributed by atoms with Gasteiger partial charge in [0.15, 0.2) is 5.69 Å². The normalized spacial score (nSPS) is 17.9. The number of hydrogen-bond acceptors (Lipinski definition) is 6. The Labute approximate surface area is 198 Å². The molecule has 2 amide bonds. The number of rotatable bonds is 4. The van der Waals surface area contributed by atoms with Crippen LogP contribution in [0.25, 0.3) is 0 Å². The van der Waals surface area contributed by atoms with Gasteiger partial charge in [0.1, 0.15) is 6.10 Å². The van der Waals surface area contributed by atoms with E-state index >= 15 is 0 Å². The second-order valence-electron chi connectivity index (χ2n) is 8.81. The number of fused-ring (bicyclic) bond motifs is 1. The molecule has 9 heteroatoms. The molecule has 2 aromatic carbocycles. The van der Waals surface area contributed by atoms with Crippen LogP contribution in [0.1, 0.15) is 38.2 Å². The minimum Gasteiger partial charge on any atom is -0.378 e. The van der Waals surface area contributed by atoms with E-state index in [9.17, 15) is 9.59 Å². The average Bonchev–Trinajstić information content (AvgIpc) is 3.32. The number of piperazine rings is 1. The van der Waals surface area contributed by atoms with Crippen LogP contribution in [0.4, 0.5) is 5.69 Å². The number of hydrogen-bond donors (Lipinski definition) is 0. The third kappa shape index (κ3) is 4.26. The van der Waals surface area contributed by atoms with Gasteiger partial charge < -0.3 is 19.4 Å². The summed E-state index contributed by atoms with van der Waals surface area (Å²) in [4.78, 5) is 31.7. The lowest BCUT2D eigenvalue weighted by Gasteiger charge is -2.34. The molecule has 3 aromatic rings. The molecule has 0 saturated carbocycles. The zero-order valence-electron chi connectivity index (χ0n) is 19.4. The maximum Gasteiger partial charge on any atom is 0.276 e. The van der Waals surface area contributed by atoms with Crippen molar-refractivity contribution in [2.75, 3.05) is 45.2 Å². The van der Waals surface area contributed by atoms with E-state index < -0.39 is 0 Å². The summed E-state index contributed by atoms with van der Waals surface area (Å²) in [7, 11) is 3.90. The van der Waals surface area contributed by atoms with Crippen LogP contribution in [0.2, 0.25) is 0 Å². The Morgan fingerprint density at radius 3 is 2.35 bits per heavy atom. The van der Waals surface area contributed by atoms with E-state index in [-0.39, 0.29) is 24.5 Å². The van der Waals surface area contributed by atoms with E-state index in [2.05, 4.69) is 10.3 Å². The molecule has 176 valence electrons. The molecule has 1 fully saturated rings. The predicted octanol–water partition coefficient (Wildman–Crippen LogP) is 2.21. The molecule has 0 N–H and O–H groups in total. The Morgan fingerprint density at radius 1 is 0.941 bits per heavy atom. The minimum atomic E-state index is -0.162. The van der Waals surface area contributed by atoms with Crippen molar-refractivity contribution in [1.29, 1.82) is 0 Å². The topological polar surface area (TPSA) is 83.8 Å². The number of nitrogens with zero attached hydrogens (tertiary/aromatic N) is 6. The van der Waals surface area contributed by atoms with Gasteiger partial charge in [0.05, 0.1) is 18.8 Å². The van der Waals surface area contributed by atoms with Crippen molar-refractivity contribution in [3.63, 3.8) is 0 Å². The predicted molar refractivity (Wildman–Crippen MR) is 127 cm³/mol. The monoisotopic (exact) mass is 460 g/mol. The van der Waals surface area contributed by atoms with Crippen LogP contribution in [-0.4, -0.2) is 76.9 Å². The van der Waals surface area contributed by atoms with E-state index in [1.807, 2.05) is 73.6 Å². The zero-order valence-corrected chi connectivity index (χ0v) is 19.4. The number of carbonyl (C=O) groups excluding carboxylic acids is 2. The van der Waals surface area contributed by atoms with E-state index in [0.29, 0.717) is 49.7 Å². The molecule has 1 aromatic heterocycles. The van der Waals surface area contributed by atoms with Crippen molar-refractivity contribution in [2.24, 2.45) is 0 Å². The summed E-state index contributed by atoms with van der Waals surface area (Å²) in [5.74, 6) is -0.179. The Morgan fingerprint density at radius 2 is 1.65 bits per heavy atom. The molecule has 0 spiro atoms. The molecule has 2 aliphatic heterocycles. The zero-order chi connectivity index (χ0) is 23.7. The fourth-order valence-corrected chi connectivity index (χ4v) is 4.41. The highest BCUT2D eigenvalue weighted by molar-refractivity contribution is 5.96. The number of ether oxygens (including phenoxy) is 1. The molecule has 0 unspecified atom stereocenters. The third-order valence-electron chi connectivity index (χ3n) is 6.44. The van der Waals surface area contributed by atoms with Crippen LogP contribution in [0.5, 0.6) is 0 Å². The first-order chi connectivity index (χ1) is 16.5. The SMILES string of the molecule is CN(C)c1cccc(C(=O)N2CCN(C(=O)c3nnn4c3CO[C@@H](c3ccccc3)C4)CC2)c1. The van der Waals surface area contributed by atoms with Crippen molar-refractivity contribution in [3.05, 3.63) is 77.1 Å². The van der Waals surface area contributed by atoms with Crippen molar-refractivity contribution in [2.45, 2.75) is 19.3 Å². The molecule has 2 aliphatic rings. The first-order valence-electron chi connectivity index (χ1n) is 11.5. The van der Waals surface area contributed by atoms with Gasteiger partial charge in [-0.15, -0.1) is 5.10 Å². The summed E-state index contributed by atoms with van der Waals surface area (Å²) < 4.78 is 7.79. The molecular weight excluding hydrogens is 432 g/mol. The lowest BCUT2D eigenvalue weighted by molar-refractivity contribution is -0.00202. The highest BCUT2D eigenvalue weighted by atomic mass is 16.5. The summed E-state index contributed by atoms with van der Waals surface area (Å²) in [5, 5.41) is 8.41. The molecule has 5 rings (SSSR count). The van der Waals surface area contributed by atoms with Crippen molar-refractivity contribution in [3.8, 4) is 0 Å². The highest BCUT2D eigenvalue weighted by Gasteiger charge is 2.32. The van der Waals surface area contributed by atoms with Gasteiger partial charge >= 0.3 is 0 Å². The Hall–Kier alpha value is -3.72. The lowest BCUT2D eigenvalue weighted by atomic mass is 10.1. The third-order valence-corrected chi connectivity index (χ3v) is 6.44. The van der Waals surface area contributed by atoms with E-state index in [0.717, 1.165) is 11.3 Å². The van der Waals surface area contributed by atoms with Crippen LogP contribution in [-0.2, 0) is 17.9 Å². The summed E-state index contributed by atoms with van der Waals surface area (Å²) in [6, 6.07) is 17.6. The Bertz CT molecular complexity index is 1180. The molecule has 0 bridgehead atoms.